The lowest BCUT2D eigenvalue weighted by Gasteiger charge is -2.10. The quantitative estimate of drug-likeness (QED) is 0.784. The van der Waals surface area contributed by atoms with Gasteiger partial charge < -0.3 is 5.32 Å². The van der Waals surface area contributed by atoms with E-state index in [1.807, 2.05) is 0 Å². The molecule has 0 spiro atoms. The van der Waals surface area contributed by atoms with E-state index in [9.17, 15) is 13.2 Å². The monoisotopic (exact) mass is 330 g/mol. The van der Waals surface area contributed by atoms with E-state index in [4.69, 9.17) is 16.7 Å². The highest BCUT2D eigenvalue weighted by atomic mass is 35.5. The second-order valence-corrected chi connectivity index (χ2v) is 7.40. The number of amides is 1. The summed E-state index contributed by atoms with van der Waals surface area (Å²) in [6, 6.07) is 2.73. The maximum absolute atomic E-state index is 12.0. The van der Waals surface area contributed by atoms with E-state index in [1.165, 1.54) is 25.0 Å². The molecular formula is C14H19ClN2O3S. The van der Waals surface area contributed by atoms with Gasteiger partial charge in [-0.3, -0.25) is 4.79 Å². The van der Waals surface area contributed by atoms with Crippen molar-refractivity contribution in [2.24, 2.45) is 11.1 Å². The van der Waals surface area contributed by atoms with Gasteiger partial charge in [0.1, 0.15) is 0 Å². The summed E-state index contributed by atoms with van der Waals surface area (Å²) in [5.41, 5.74) is 0.561. The van der Waals surface area contributed by atoms with Gasteiger partial charge in [-0.05, 0) is 43.4 Å². The fourth-order valence-electron chi connectivity index (χ4n) is 2.18. The van der Waals surface area contributed by atoms with Gasteiger partial charge in [0.2, 0.25) is 10.0 Å². The number of sulfonamides is 1. The van der Waals surface area contributed by atoms with Crippen molar-refractivity contribution in [3.63, 3.8) is 0 Å². The predicted octanol–water partition coefficient (Wildman–Crippen LogP) is 2.22. The molecule has 1 aliphatic carbocycles. The Balaban J connectivity index is 2.07. The van der Waals surface area contributed by atoms with Crippen LogP contribution >= 0.6 is 11.6 Å². The Hall–Kier alpha value is -1.11. The minimum absolute atomic E-state index is 0.113. The van der Waals surface area contributed by atoms with Crippen LogP contribution in [0, 0.1) is 12.8 Å². The lowest BCUT2D eigenvalue weighted by Crippen LogP contribution is -2.25. The van der Waals surface area contributed by atoms with Gasteiger partial charge in [-0.25, -0.2) is 13.6 Å². The molecule has 0 bridgehead atoms. The van der Waals surface area contributed by atoms with Gasteiger partial charge in [-0.1, -0.05) is 24.4 Å². The molecule has 3 N–H and O–H groups in total. The second kappa shape index (κ2) is 6.34. The molecule has 7 heteroatoms. The lowest BCUT2D eigenvalue weighted by molar-refractivity contribution is 0.0952. The maximum Gasteiger partial charge on any atom is 0.251 e. The highest BCUT2D eigenvalue weighted by Crippen LogP contribution is 2.33. The van der Waals surface area contributed by atoms with Crippen LogP contribution in [0.4, 0.5) is 0 Å². The van der Waals surface area contributed by atoms with Crippen LogP contribution in [0.15, 0.2) is 17.0 Å². The van der Waals surface area contributed by atoms with Crippen molar-refractivity contribution < 1.29 is 13.2 Å². The van der Waals surface area contributed by atoms with Crippen LogP contribution in [-0.2, 0) is 10.0 Å². The molecule has 0 atom stereocenters. The number of hydrogen-bond acceptors (Lipinski definition) is 3. The van der Waals surface area contributed by atoms with Crippen molar-refractivity contribution in [1.29, 1.82) is 0 Å². The average Bonchev–Trinajstić information content (AvgIpc) is 3.20. The summed E-state index contributed by atoms with van der Waals surface area (Å²) in [5.74, 6) is 0.488. The van der Waals surface area contributed by atoms with Crippen LogP contribution in [0.2, 0.25) is 5.02 Å². The molecule has 0 radical (unpaired) electrons. The van der Waals surface area contributed by atoms with E-state index in [1.54, 1.807) is 6.92 Å². The Kier molecular flexibility index (Phi) is 4.91. The largest absolute Gasteiger partial charge is 0.352 e. The van der Waals surface area contributed by atoms with Gasteiger partial charge >= 0.3 is 0 Å². The molecule has 116 valence electrons. The molecule has 2 rings (SSSR count). The Bertz CT molecular complexity index is 654. The Labute approximate surface area is 129 Å². The van der Waals surface area contributed by atoms with Crippen molar-refractivity contribution in [3.05, 3.63) is 28.3 Å². The van der Waals surface area contributed by atoms with Crippen LogP contribution in [0.25, 0.3) is 0 Å². The smallest absolute Gasteiger partial charge is 0.251 e. The first-order valence-corrected chi connectivity index (χ1v) is 8.82. The van der Waals surface area contributed by atoms with Crippen LogP contribution in [0.5, 0.6) is 0 Å². The number of rotatable bonds is 6. The SMILES string of the molecule is Cc1c(Cl)cc(C(=O)NCCCC2CC2)cc1S(N)(=O)=O. The number of halogens is 1. The number of primary sulfonamides is 1. The van der Waals surface area contributed by atoms with Gasteiger partial charge in [0.05, 0.1) is 4.90 Å². The average molecular weight is 331 g/mol. The summed E-state index contributed by atoms with van der Waals surface area (Å²) in [6.07, 6.45) is 4.63. The molecule has 0 heterocycles. The third kappa shape index (κ3) is 4.43. The molecule has 5 nitrogen and oxygen atoms in total. The first kappa shape index (κ1) is 16.3. The minimum atomic E-state index is -3.90. The zero-order valence-electron chi connectivity index (χ0n) is 11.9. The van der Waals surface area contributed by atoms with E-state index in [0.29, 0.717) is 12.1 Å². The second-order valence-electron chi connectivity index (χ2n) is 5.47. The molecule has 1 amide bonds. The topological polar surface area (TPSA) is 89.3 Å². The minimum Gasteiger partial charge on any atom is -0.352 e. The fraction of sp³-hybridized carbons (Fsp3) is 0.500. The van der Waals surface area contributed by atoms with Gasteiger partial charge in [-0.15, -0.1) is 0 Å². The summed E-state index contributed by atoms with van der Waals surface area (Å²) in [5, 5.41) is 8.13. The number of carbonyl (C=O) groups is 1. The lowest BCUT2D eigenvalue weighted by atomic mass is 10.1. The molecule has 0 unspecified atom stereocenters. The highest BCUT2D eigenvalue weighted by Gasteiger charge is 2.21. The number of nitrogens with two attached hydrogens (primary N) is 1. The van der Waals surface area contributed by atoms with Gasteiger partial charge in [0.25, 0.3) is 5.91 Å². The zero-order valence-corrected chi connectivity index (χ0v) is 13.4. The summed E-state index contributed by atoms with van der Waals surface area (Å²) in [6.45, 7) is 2.13. The van der Waals surface area contributed by atoms with Crippen molar-refractivity contribution in [3.8, 4) is 0 Å². The van der Waals surface area contributed by atoms with E-state index in [2.05, 4.69) is 5.32 Å². The van der Waals surface area contributed by atoms with Crippen molar-refractivity contribution in [2.75, 3.05) is 6.54 Å². The number of nitrogens with one attached hydrogen (secondary N) is 1. The van der Waals surface area contributed by atoms with E-state index in [-0.39, 0.29) is 21.4 Å². The molecule has 1 aromatic rings. The van der Waals surface area contributed by atoms with E-state index in [0.717, 1.165) is 18.8 Å². The Morgan fingerprint density at radius 2 is 2.10 bits per heavy atom. The van der Waals surface area contributed by atoms with Gasteiger partial charge in [0.15, 0.2) is 0 Å². The molecule has 1 aromatic carbocycles. The highest BCUT2D eigenvalue weighted by molar-refractivity contribution is 7.89. The number of hydrogen-bond donors (Lipinski definition) is 2. The predicted molar refractivity (Wildman–Crippen MR) is 81.9 cm³/mol. The third-order valence-electron chi connectivity index (χ3n) is 3.64. The van der Waals surface area contributed by atoms with Crippen LogP contribution in [0.1, 0.15) is 41.6 Å². The van der Waals surface area contributed by atoms with Crippen molar-refractivity contribution in [2.45, 2.75) is 37.5 Å². The number of carbonyl (C=O) groups excluding carboxylic acids is 1. The maximum atomic E-state index is 12.0. The molecule has 0 aliphatic heterocycles. The Morgan fingerprint density at radius 1 is 1.43 bits per heavy atom. The van der Waals surface area contributed by atoms with E-state index < -0.39 is 10.0 Å². The van der Waals surface area contributed by atoms with E-state index >= 15 is 0 Å². The molecule has 1 saturated carbocycles. The molecule has 1 fully saturated rings. The molecule has 21 heavy (non-hydrogen) atoms. The molecular weight excluding hydrogens is 312 g/mol. The normalized spacial score (nSPS) is 15.0. The zero-order chi connectivity index (χ0) is 15.6. The molecule has 0 saturated heterocycles. The summed E-state index contributed by atoms with van der Waals surface area (Å²) < 4.78 is 23.0. The summed E-state index contributed by atoms with van der Waals surface area (Å²) in [7, 11) is -3.90. The summed E-state index contributed by atoms with van der Waals surface area (Å²) >= 11 is 5.98. The van der Waals surface area contributed by atoms with Gasteiger partial charge in [0, 0.05) is 17.1 Å². The first-order chi connectivity index (χ1) is 9.79. The van der Waals surface area contributed by atoms with Crippen LogP contribution in [0.3, 0.4) is 0 Å². The van der Waals surface area contributed by atoms with Crippen LogP contribution < -0.4 is 10.5 Å². The molecule has 1 aliphatic rings. The standard InChI is InChI=1S/C14H19ClN2O3S/c1-9-12(15)7-11(8-13(9)21(16,19)20)14(18)17-6-2-3-10-4-5-10/h7-8,10H,2-6H2,1H3,(H,17,18)(H2,16,19,20). The van der Waals surface area contributed by atoms with Gasteiger partial charge in [-0.2, -0.15) is 0 Å². The first-order valence-electron chi connectivity index (χ1n) is 6.90. The fourth-order valence-corrected chi connectivity index (χ4v) is 3.28. The van der Waals surface area contributed by atoms with Crippen molar-refractivity contribution in [1.82, 2.24) is 5.32 Å². The van der Waals surface area contributed by atoms with Crippen molar-refractivity contribution >= 4 is 27.5 Å². The summed E-state index contributed by atoms with van der Waals surface area (Å²) in [4.78, 5) is 11.9. The third-order valence-corrected chi connectivity index (χ3v) is 5.07. The molecule has 0 aromatic heterocycles. The Morgan fingerprint density at radius 3 is 2.67 bits per heavy atom. The van der Waals surface area contributed by atoms with Crippen LogP contribution in [-0.4, -0.2) is 20.9 Å². The number of benzene rings is 1.